The van der Waals surface area contributed by atoms with Gasteiger partial charge >= 0.3 is 6.01 Å². The van der Waals surface area contributed by atoms with E-state index in [1.165, 1.54) is 32.1 Å². The lowest BCUT2D eigenvalue weighted by Gasteiger charge is -2.24. The fraction of sp³-hybridized carbons (Fsp3) is 0.737. The van der Waals surface area contributed by atoms with E-state index < -0.39 is 6.10 Å². The van der Waals surface area contributed by atoms with Gasteiger partial charge in [0.15, 0.2) is 0 Å². The number of carbonyl (C=O) groups excluding carboxylic acids is 1. The molecule has 1 atom stereocenters. The molecule has 0 bridgehead atoms. The molecule has 0 aliphatic heterocycles. The lowest BCUT2D eigenvalue weighted by molar-refractivity contribution is -0.131. The molecule has 6 heteroatoms. The molecule has 0 aromatic carbocycles. The summed E-state index contributed by atoms with van der Waals surface area (Å²) in [4.78, 5) is 22.2. The predicted octanol–water partition coefficient (Wildman–Crippen LogP) is 2.65. The van der Waals surface area contributed by atoms with Gasteiger partial charge in [0, 0.05) is 31.4 Å². The molecule has 1 fully saturated rings. The van der Waals surface area contributed by atoms with E-state index in [1.54, 1.807) is 11.9 Å². The highest BCUT2D eigenvalue weighted by Crippen LogP contribution is 2.27. The van der Waals surface area contributed by atoms with Crippen molar-refractivity contribution in [1.29, 1.82) is 0 Å². The second-order valence-corrected chi connectivity index (χ2v) is 7.22. The van der Waals surface area contributed by atoms with Crippen molar-refractivity contribution in [2.24, 2.45) is 5.92 Å². The second kappa shape index (κ2) is 9.70. The van der Waals surface area contributed by atoms with Gasteiger partial charge in [0.25, 0.3) is 0 Å². The van der Waals surface area contributed by atoms with Gasteiger partial charge in [0.2, 0.25) is 5.91 Å². The van der Waals surface area contributed by atoms with Crippen molar-refractivity contribution in [2.75, 3.05) is 20.2 Å². The van der Waals surface area contributed by atoms with Crippen LogP contribution in [-0.4, -0.2) is 52.2 Å². The summed E-state index contributed by atoms with van der Waals surface area (Å²) in [6.45, 7) is 4.07. The van der Waals surface area contributed by atoms with Crippen LogP contribution < -0.4 is 4.74 Å². The molecule has 6 nitrogen and oxygen atoms in total. The maximum atomic E-state index is 12.2. The minimum absolute atomic E-state index is 0.0726. The van der Waals surface area contributed by atoms with Crippen molar-refractivity contribution >= 4 is 5.91 Å². The fourth-order valence-corrected chi connectivity index (χ4v) is 3.39. The van der Waals surface area contributed by atoms with Crippen LogP contribution in [0.3, 0.4) is 0 Å². The Balaban J connectivity index is 1.69. The van der Waals surface area contributed by atoms with Crippen LogP contribution in [0.25, 0.3) is 0 Å². The molecule has 0 spiro atoms. The summed E-state index contributed by atoms with van der Waals surface area (Å²) in [5, 5.41) is 10.1. The van der Waals surface area contributed by atoms with E-state index in [1.807, 2.05) is 19.9 Å². The summed E-state index contributed by atoms with van der Waals surface area (Å²) < 4.78 is 5.46. The lowest BCUT2D eigenvalue weighted by atomic mass is 9.86. The van der Waals surface area contributed by atoms with Crippen molar-refractivity contribution < 1.29 is 14.6 Å². The van der Waals surface area contributed by atoms with Crippen LogP contribution in [0.1, 0.15) is 56.3 Å². The molecular weight excluding hydrogens is 318 g/mol. The summed E-state index contributed by atoms with van der Waals surface area (Å²) in [7, 11) is 1.74. The minimum Gasteiger partial charge on any atom is -0.461 e. The number of rotatable bonds is 8. The normalized spacial score (nSPS) is 16.5. The maximum Gasteiger partial charge on any atom is 0.316 e. The standard InChI is InChI=1S/C19H31N3O3/c1-14-11-15(2)21-19(20-14)25-13-17(23)12-22(3)18(24)10-9-16-7-5-4-6-8-16/h11,16-17,23H,4-10,12-13H2,1-3H3. The molecule has 1 heterocycles. The van der Waals surface area contributed by atoms with Crippen LogP contribution >= 0.6 is 0 Å². The highest BCUT2D eigenvalue weighted by atomic mass is 16.5. The smallest absolute Gasteiger partial charge is 0.316 e. The van der Waals surface area contributed by atoms with Gasteiger partial charge in [-0.25, -0.2) is 9.97 Å². The number of aromatic nitrogens is 2. The van der Waals surface area contributed by atoms with Gasteiger partial charge in [-0.1, -0.05) is 32.1 Å². The van der Waals surface area contributed by atoms with E-state index in [4.69, 9.17) is 4.74 Å². The molecule has 2 rings (SSSR count). The van der Waals surface area contributed by atoms with E-state index in [-0.39, 0.29) is 25.1 Å². The van der Waals surface area contributed by atoms with Crippen LogP contribution in [0.5, 0.6) is 6.01 Å². The summed E-state index contributed by atoms with van der Waals surface area (Å²) in [5.74, 6) is 0.785. The molecule has 1 aliphatic carbocycles. The summed E-state index contributed by atoms with van der Waals surface area (Å²) in [5.41, 5.74) is 1.65. The van der Waals surface area contributed by atoms with E-state index in [0.717, 1.165) is 17.8 Å². The average Bonchev–Trinajstić information content (AvgIpc) is 2.58. The van der Waals surface area contributed by atoms with Gasteiger partial charge in [-0.05, 0) is 32.3 Å². The summed E-state index contributed by atoms with van der Waals surface area (Å²) in [6, 6.07) is 2.13. The van der Waals surface area contributed by atoms with Crippen LogP contribution in [0.2, 0.25) is 0 Å². The average molecular weight is 349 g/mol. The molecule has 0 saturated heterocycles. The van der Waals surface area contributed by atoms with E-state index in [2.05, 4.69) is 9.97 Å². The van der Waals surface area contributed by atoms with Crippen LogP contribution in [-0.2, 0) is 4.79 Å². The second-order valence-electron chi connectivity index (χ2n) is 7.22. The van der Waals surface area contributed by atoms with E-state index in [0.29, 0.717) is 12.3 Å². The van der Waals surface area contributed by atoms with Gasteiger partial charge < -0.3 is 14.7 Å². The largest absolute Gasteiger partial charge is 0.461 e. The zero-order valence-corrected chi connectivity index (χ0v) is 15.7. The zero-order chi connectivity index (χ0) is 18.2. The monoisotopic (exact) mass is 349 g/mol. The Morgan fingerprint density at radius 2 is 1.92 bits per heavy atom. The van der Waals surface area contributed by atoms with Crippen molar-refractivity contribution in [3.63, 3.8) is 0 Å². The molecule has 1 saturated carbocycles. The Labute approximate surface area is 150 Å². The topological polar surface area (TPSA) is 75.6 Å². The highest BCUT2D eigenvalue weighted by Gasteiger charge is 2.18. The number of hydrogen-bond donors (Lipinski definition) is 1. The number of likely N-dealkylation sites (N-methyl/N-ethyl adjacent to an activating group) is 1. The first-order valence-corrected chi connectivity index (χ1v) is 9.31. The number of ether oxygens (including phenoxy) is 1. The third-order valence-electron chi connectivity index (χ3n) is 4.77. The number of aliphatic hydroxyl groups is 1. The molecule has 1 aromatic rings. The first kappa shape index (κ1) is 19.6. The molecule has 25 heavy (non-hydrogen) atoms. The van der Waals surface area contributed by atoms with Crippen molar-refractivity contribution in [3.05, 3.63) is 17.5 Å². The molecule has 1 amide bonds. The molecule has 140 valence electrons. The first-order valence-electron chi connectivity index (χ1n) is 9.31. The molecule has 0 radical (unpaired) electrons. The first-order chi connectivity index (χ1) is 11.9. The van der Waals surface area contributed by atoms with Crippen molar-refractivity contribution in [1.82, 2.24) is 14.9 Å². The number of amides is 1. The third-order valence-corrected chi connectivity index (χ3v) is 4.77. The third kappa shape index (κ3) is 6.98. The van der Waals surface area contributed by atoms with Gasteiger partial charge in [0.1, 0.15) is 12.7 Å². The van der Waals surface area contributed by atoms with Gasteiger partial charge in [0.05, 0.1) is 0 Å². The quantitative estimate of drug-likeness (QED) is 0.781. The van der Waals surface area contributed by atoms with Gasteiger partial charge in [-0.2, -0.15) is 0 Å². The Kier molecular flexibility index (Phi) is 7.62. The number of aliphatic hydroxyl groups excluding tert-OH is 1. The molecular formula is C19H31N3O3. The fourth-order valence-electron chi connectivity index (χ4n) is 3.39. The van der Waals surface area contributed by atoms with Crippen LogP contribution in [0, 0.1) is 19.8 Å². The SMILES string of the molecule is Cc1cc(C)nc(OCC(O)CN(C)C(=O)CCC2CCCCC2)n1. The number of nitrogens with zero attached hydrogens (tertiary/aromatic N) is 3. The van der Waals surface area contributed by atoms with Crippen molar-refractivity contribution in [2.45, 2.75) is 64.9 Å². The number of carbonyl (C=O) groups is 1. The van der Waals surface area contributed by atoms with Crippen LogP contribution in [0.4, 0.5) is 0 Å². The molecule has 1 aromatic heterocycles. The molecule has 1 unspecified atom stereocenters. The van der Waals surface area contributed by atoms with E-state index in [9.17, 15) is 9.90 Å². The Morgan fingerprint density at radius 1 is 1.28 bits per heavy atom. The highest BCUT2D eigenvalue weighted by molar-refractivity contribution is 5.75. The predicted molar refractivity (Wildman–Crippen MR) is 96.5 cm³/mol. The Hall–Kier alpha value is -1.69. The van der Waals surface area contributed by atoms with Crippen LogP contribution in [0.15, 0.2) is 6.07 Å². The maximum absolute atomic E-state index is 12.2. The minimum atomic E-state index is -0.756. The zero-order valence-electron chi connectivity index (χ0n) is 15.7. The van der Waals surface area contributed by atoms with Crippen molar-refractivity contribution in [3.8, 4) is 6.01 Å². The number of hydrogen-bond acceptors (Lipinski definition) is 5. The van der Waals surface area contributed by atoms with Gasteiger partial charge in [-0.3, -0.25) is 4.79 Å². The van der Waals surface area contributed by atoms with Gasteiger partial charge in [-0.15, -0.1) is 0 Å². The molecule has 1 N–H and O–H groups in total. The molecule has 1 aliphatic rings. The lowest BCUT2D eigenvalue weighted by Crippen LogP contribution is -2.37. The van der Waals surface area contributed by atoms with E-state index >= 15 is 0 Å². The summed E-state index contributed by atoms with van der Waals surface area (Å²) in [6.07, 6.45) is 7.21. The Bertz CT molecular complexity index is 539. The Morgan fingerprint density at radius 3 is 2.56 bits per heavy atom. The number of aryl methyl sites for hydroxylation is 2. The summed E-state index contributed by atoms with van der Waals surface area (Å²) >= 11 is 0.